The van der Waals surface area contributed by atoms with Crippen LogP contribution in [0.15, 0.2) is 18.2 Å². The summed E-state index contributed by atoms with van der Waals surface area (Å²) in [5.41, 5.74) is 2.77. The number of anilines is 1. The van der Waals surface area contributed by atoms with Crippen LogP contribution in [0.3, 0.4) is 0 Å². The van der Waals surface area contributed by atoms with Crippen LogP contribution in [-0.4, -0.2) is 24.2 Å². The molecule has 1 aromatic carbocycles. The summed E-state index contributed by atoms with van der Waals surface area (Å²) in [7, 11) is 0. The fraction of sp³-hybridized carbons (Fsp3) is 0.462. The van der Waals surface area contributed by atoms with E-state index in [2.05, 4.69) is 4.90 Å². The van der Waals surface area contributed by atoms with Crippen molar-refractivity contribution in [2.75, 3.05) is 18.0 Å². The van der Waals surface area contributed by atoms with E-state index in [0.29, 0.717) is 11.0 Å². The lowest BCUT2D eigenvalue weighted by atomic mass is 9.94. The van der Waals surface area contributed by atoms with E-state index >= 15 is 0 Å². The summed E-state index contributed by atoms with van der Waals surface area (Å²) < 4.78 is 0. The maximum atomic E-state index is 11.2. The van der Waals surface area contributed by atoms with Crippen molar-refractivity contribution in [1.29, 1.82) is 0 Å². The fourth-order valence-corrected chi connectivity index (χ4v) is 2.62. The number of carbonyl (C=O) groups is 1. The second kappa shape index (κ2) is 3.00. The summed E-state index contributed by atoms with van der Waals surface area (Å²) in [6.07, 6.45) is 2.63. The van der Waals surface area contributed by atoms with Gasteiger partial charge < -0.3 is 10.0 Å². The van der Waals surface area contributed by atoms with Gasteiger partial charge in [0.25, 0.3) is 0 Å². The summed E-state index contributed by atoms with van der Waals surface area (Å²) in [6.45, 7) is 3.94. The Morgan fingerprint density at radius 3 is 2.62 bits per heavy atom. The van der Waals surface area contributed by atoms with Gasteiger partial charge in [-0.2, -0.15) is 0 Å². The van der Waals surface area contributed by atoms with Crippen LogP contribution in [-0.2, 0) is 0 Å². The topological polar surface area (TPSA) is 40.5 Å². The Balaban J connectivity index is 1.94. The quantitative estimate of drug-likeness (QED) is 0.826. The van der Waals surface area contributed by atoms with Gasteiger partial charge in [-0.25, -0.2) is 4.79 Å². The molecule has 1 aliphatic carbocycles. The van der Waals surface area contributed by atoms with Crippen molar-refractivity contribution >= 4 is 11.7 Å². The molecule has 0 bridgehead atoms. The first-order chi connectivity index (χ1) is 7.61. The molecule has 84 valence electrons. The lowest BCUT2D eigenvalue weighted by molar-refractivity contribution is 0.0696. The van der Waals surface area contributed by atoms with Crippen molar-refractivity contribution in [2.24, 2.45) is 5.41 Å². The Labute approximate surface area is 94.7 Å². The van der Waals surface area contributed by atoms with Gasteiger partial charge in [-0.05, 0) is 31.4 Å². The van der Waals surface area contributed by atoms with Crippen LogP contribution < -0.4 is 4.90 Å². The first-order valence-electron chi connectivity index (χ1n) is 5.69. The van der Waals surface area contributed by atoms with Crippen molar-refractivity contribution in [3.05, 3.63) is 29.3 Å². The summed E-state index contributed by atoms with van der Waals surface area (Å²) in [5, 5.41) is 9.23. The smallest absolute Gasteiger partial charge is 0.338 e. The average Bonchev–Trinajstić information content (AvgIpc) is 2.93. The monoisotopic (exact) mass is 217 g/mol. The molecule has 16 heavy (non-hydrogen) atoms. The lowest BCUT2D eigenvalue weighted by Gasteiger charge is -2.42. The number of rotatable bonds is 2. The third kappa shape index (κ3) is 1.31. The Morgan fingerprint density at radius 1 is 1.38 bits per heavy atom. The molecule has 1 saturated heterocycles. The first kappa shape index (κ1) is 9.70. The van der Waals surface area contributed by atoms with Gasteiger partial charge in [0.05, 0.1) is 11.3 Å². The number of aryl methyl sites for hydroxylation is 1. The zero-order valence-electron chi connectivity index (χ0n) is 9.36. The standard InChI is InChI=1S/C13H15NO2/c1-9-3-2-4-10(11(9)12(15)16)14-7-13(8-14)5-6-13/h2-4H,5-8H2,1H3,(H,15,16). The van der Waals surface area contributed by atoms with E-state index in [1.54, 1.807) is 0 Å². The van der Waals surface area contributed by atoms with Gasteiger partial charge in [-0.15, -0.1) is 0 Å². The first-order valence-corrected chi connectivity index (χ1v) is 5.69. The zero-order chi connectivity index (χ0) is 11.3. The van der Waals surface area contributed by atoms with E-state index in [1.807, 2.05) is 25.1 Å². The van der Waals surface area contributed by atoms with Crippen molar-refractivity contribution in [1.82, 2.24) is 0 Å². The maximum Gasteiger partial charge on any atom is 0.338 e. The van der Waals surface area contributed by atoms with Gasteiger partial charge in [0, 0.05) is 18.5 Å². The average molecular weight is 217 g/mol. The molecular formula is C13H15NO2. The second-order valence-electron chi connectivity index (χ2n) is 5.13. The molecule has 0 unspecified atom stereocenters. The normalized spacial score (nSPS) is 20.7. The van der Waals surface area contributed by atoms with Crippen molar-refractivity contribution in [2.45, 2.75) is 19.8 Å². The minimum Gasteiger partial charge on any atom is -0.478 e. The third-order valence-corrected chi connectivity index (χ3v) is 3.81. The highest BCUT2D eigenvalue weighted by Gasteiger charge is 2.52. The second-order valence-corrected chi connectivity index (χ2v) is 5.13. The molecule has 0 atom stereocenters. The van der Waals surface area contributed by atoms with Gasteiger partial charge in [0.1, 0.15) is 0 Å². The van der Waals surface area contributed by atoms with Gasteiger partial charge in [0.2, 0.25) is 0 Å². The Bertz CT molecular complexity index is 455. The summed E-state index contributed by atoms with van der Waals surface area (Å²) >= 11 is 0. The maximum absolute atomic E-state index is 11.2. The molecule has 0 radical (unpaired) electrons. The number of hydrogen-bond acceptors (Lipinski definition) is 2. The van der Waals surface area contributed by atoms with Gasteiger partial charge in [0.15, 0.2) is 0 Å². The summed E-state index contributed by atoms with van der Waals surface area (Å²) in [4.78, 5) is 13.4. The van der Waals surface area contributed by atoms with E-state index in [-0.39, 0.29) is 0 Å². The number of hydrogen-bond donors (Lipinski definition) is 1. The number of benzene rings is 1. The molecule has 1 aliphatic heterocycles. The molecule has 3 nitrogen and oxygen atoms in total. The minimum absolute atomic E-state index is 0.470. The van der Waals surface area contributed by atoms with Crippen LogP contribution in [0.25, 0.3) is 0 Å². The molecule has 0 aromatic heterocycles. The number of aromatic carboxylic acids is 1. The number of nitrogens with zero attached hydrogens (tertiary/aromatic N) is 1. The predicted molar refractivity (Wildman–Crippen MR) is 62.0 cm³/mol. The summed E-state index contributed by atoms with van der Waals surface area (Å²) in [6, 6.07) is 5.72. The predicted octanol–water partition coefficient (Wildman–Crippen LogP) is 2.29. The number of carboxylic acid groups (broad SMARTS) is 1. The molecule has 1 spiro atoms. The zero-order valence-corrected chi connectivity index (χ0v) is 9.36. The fourth-order valence-electron chi connectivity index (χ4n) is 2.62. The molecule has 1 N–H and O–H groups in total. The van der Waals surface area contributed by atoms with E-state index in [9.17, 15) is 9.90 Å². The summed E-state index contributed by atoms with van der Waals surface area (Å²) in [5.74, 6) is -0.815. The molecule has 1 saturated carbocycles. The molecule has 0 amide bonds. The molecular weight excluding hydrogens is 202 g/mol. The largest absolute Gasteiger partial charge is 0.478 e. The van der Waals surface area contributed by atoms with Crippen LogP contribution in [0.1, 0.15) is 28.8 Å². The third-order valence-electron chi connectivity index (χ3n) is 3.81. The van der Waals surface area contributed by atoms with Crippen molar-refractivity contribution in [3.8, 4) is 0 Å². The molecule has 3 rings (SSSR count). The SMILES string of the molecule is Cc1cccc(N2CC3(CC3)C2)c1C(=O)O. The Kier molecular flexibility index (Phi) is 1.82. The van der Waals surface area contributed by atoms with Crippen LogP contribution in [0.2, 0.25) is 0 Å². The van der Waals surface area contributed by atoms with Gasteiger partial charge in [-0.1, -0.05) is 12.1 Å². The molecule has 2 fully saturated rings. The molecule has 1 heterocycles. The minimum atomic E-state index is -0.815. The highest BCUT2D eigenvalue weighted by atomic mass is 16.4. The van der Waals surface area contributed by atoms with Crippen LogP contribution >= 0.6 is 0 Å². The molecule has 1 aromatic rings. The van der Waals surface area contributed by atoms with Gasteiger partial charge >= 0.3 is 5.97 Å². The van der Waals surface area contributed by atoms with E-state index in [4.69, 9.17) is 0 Å². The highest BCUT2D eigenvalue weighted by Crippen LogP contribution is 2.54. The van der Waals surface area contributed by atoms with E-state index in [1.165, 1.54) is 12.8 Å². The Morgan fingerprint density at radius 2 is 2.06 bits per heavy atom. The lowest BCUT2D eigenvalue weighted by Crippen LogP contribution is -2.49. The van der Waals surface area contributed by atoms with Crippen LogP contribution in [0.5, 0.6) is 0 Å². The van der Waals surface area contributed by atoms with E-state index < -0.39 is 5.97 Å². The van der Waals surface area contributed by atoms with Crippen LogP contribution in [0.4, 0.5) is 5.69 Å². The molecule has 3 heteroatoms. The molecule has 2 aliphatic rings. The van der Waals surface area contributed by atoms with Crippen molar-refractivity contribution in [3.63, 3.8) is 0 Å². The van der Waals surface area contributed by atoms with Crippen molar-refractivity contribution < 1.29 is 9.90 Å². The van der Waals surface area contributed by atoms with Gasteiger partial charge in [-0.3, -0.25) is 0 Å². The Hall–Kier alpha value is -1.51. The number of carboxylic acids is 1. The highest BCUT2D eigenvalue weighted by molar-refractivity contribution is 5.96. The van der Waals surface area contributed by atoms with E-state index in [0.717, 1.165) is 24.3 Å². The van der Waals surface area contributed by atoms with Crippen LogP contribution in [0, 0.1) is 12.3 Å².